The van der Waals surface area contributed by atoms with E-state index in [0.29, 0.717) is 31.4 Å². The Balaban J connectivity index is 1.54. The fourth-order valence-electron chi connectivity index (χ4n) is 3.82. The number of rotatable bonds is 7. The Morgan fingerprint density at radius 1 is 1.03 bits per heavy atom. The van der Waals surface area contributed by atoms with Crippen LogP contribution in [0, 0.1) is 6.92 Å². The van der Waals surface area contributed by atoms with E-state index >= 15 is 0 Å². The van der Waals surface area contributed by atoms with Crippen LogP contribution in [0.15, 0.2) is 53.1 Å². The minimum atomic E-state index is -0.742. The number of nitrogens with zero attached hydrogens (tertiary/aromatic N) is 1. The summed E-state index contributed by atoms with van der Waals surface area (Å²) in [6.07, 6.45) is 2.36. The zero-order valence-corrected chi connectivity index (χ0v) is 17.1. The molecule has 30 heavy (non-hydrogen) atoms. The van der Waals surface area contributed by atoms with Crippen LogP contribution in [0.4, 0.5) is 0 Å². The van der Waals surface area contributed by atoms with Crippen molar-refractivity contribution < 1.29 is 19.2 Å². The highest BCUT2D eigenvalue weighted by Crippen LogP contribution is 2.48. The lowest BCUT2D eigenvalue weighted by atomic mass is 9.93. The van der Waals surface area contributed by atoms with Crippen molar-refractivity contribution in [2.75, 3.05) is 7.05 Å². The third-order valence-corrected chi connectivity index (χ3v) is 5.94. The molecule has 154 valence electrons. The summed E-state index contributed by atoms with van der Waals surface area (Å²) in [5, 5.41) is 16.2. The van der Waals surface area contributed by atoms with Gasteiger partial charge in [-0.1, -0.05) is 53.7 Å². The molecule has 1 amide bonds. The molecule has 1 heterocycles. The second-order valence-electron chi connectivity index (χ2n) is 7.79. The summed E-state index contributed by atoms with van der Waals surface area (Å²) in [7, 11) is 1.63. The van der Waals surface area contributed by atoms with E-state index in [2.05, 4.69) is 10.5 Å². The lowest BCUT2D eigenvalue weighted by Crippen LogP contribution is -2.19. The fraction of sp³-hybridized carbons (Fsp3) is 0.292. The van der Waals surface area contributed by atoms with E-state index in [4.69, 9.17) is 4.52 Å². The number of carbonyl (C=O) groups excluding carboxylic acids is 1. The van der Waals surface area contributed by atoms with Crippen molar-refractivity contribution in [3.63, 3.8) is 0 Å². The predicted octanol–water partition coefficient (Wildman–Crippen LogP) is 4.11. The molecule has 0 spiro atoms. The van der Waals surface area contributed by atoms with Gasteiger partial charge < -0.3 is 14.9 Å². The van der Waals surface area contributed by atoms with Crippen LogP contribution < -0.4 is 5.32 Å². The van der Waals surface area contributed by atoms with E-state index in [1.165, 1.54) is 0 Å². The Labute approximate surface area is 174 Å². The summed E-state index contributed by atoms with van der Waals surface area (Å²) < 4.78 is 5.54. The molecular formula is C24H24N2O4. The van der Waals surface area contributed by atoms with Crippen molar-refractivity contribution in [3.05, 3.63) is 65.4 Å². The van der Waals surface area contributed by atoms with Crippen LogP contribution in [0.5, 0.6) is 0 Å². The fourth-order valence-corrected chi connectivity index (χ4v) is 3.82. The van der Waals surface area contributed by atoms with Crippen molar-refractivity contribution in [2.24, 2.45) is 0 Å². The second-order valence-corrected chi connectivity index (χ2v) is 7.79. The maximum atomic E-state index is 11.6. The smallest absolute Gasteiger partial charge is 0.314 e. The van der Waals surface area contributed by atoms with Gasteiger partial charge in [0.05, 0.1) is 11.1 Å². The first-order valence-electron chi connectivity index (χ1n) is 10.0. The second kappa shape index (κ2) is 7.78. The molecule has 1 saturated carbocycles. The van der Waals surface area contributed by atoms with Gasteiger partial charge in [0.25, 0.3) is 0 Å². The Morgan fingerprint density at radius 3 is 2.13 bits per heavy atom. The minimum Gasteiger partial charge on any atom is -0.481 e. The lowest BCUT2D eigenvalue weighted by Gasteiger charge is -2.11. The number of aliphatic carboxylic acids is 1. The van der Waals surface area contributed by atoms with Crippen LogP contribution >= 0.6 is 0 Å². The van der Waals surface area contributed by atoms with Crippen molar-refractivity contribution in [3.8, 4) is 22.5 Å². The molecule has 2 N–H and O–H groups in total. The number of carboxylic acid groups (broad SMARTS) is 1. The first kappa shape index (κ1) is 19.9. The first-order valence-corrected chi connectivity index (χ1v) is 10.0. The minimum absolute atomic E-state index is 0.0174. The third-order valence-electron chi connectivity index (χ3n) is 5.94. The summed E-state index contributed by atoms with van der Waals surface area (Å²) >= 11 is 0. The number of aromatic nitrogens is 1. The molecular weight excluding hydrogens is 380 g/mol. The molecule has 0 radical (unpaired) electrons. The molecule has 1 aromatic heterocycles. The van der Waals surface area contributed by atoms with Crippen molar-refractivity contribution in [2.45, 2.75) is 38.0 Å². The van der Waals surface area contributed by atoms with Gasteiger partial charge in [0.2, 0.25) is 5.91 Å². The molecule has 1 aliphatic carbocycles. The topological polar surface area (TPSA) is 92.4 Å². The Bertz CT molecular complexity index is 1080. The maximum absolute atomic E-state index is 11.6. The number of benzene rings is 2. The van der Waals surface area contributed by atoms with E-state index in [9.17, 15) is 14.7 Å². The molecule has 0 bridgehead atoms. The lowest BCUT2D eigenvalue weighted by molar-refractivity contribution is -0.140. The molecule has 3 aromatic rings. The normalized spacial score (nSPS) is 14.3. The maximum Gasteiger partial charge on any atom is 0.314 e. The molecule has 0 unspecified atom stereocenters. The number of hydrogen-bond acceptors (Lipinski definition) is 4. The number of nitrogens with one attached hydrogen (secondary N) is 1. The van der Waals surface area contributed by atoms with Crippen molar-refractivity contribution >= 4 is 11.9 Å². The van der Waals surface area contributed by atoms with Gasteiger partial charge in [0, 0.05) is 24.6 Å². The van der Waals surface area contributed by atoms with E-state index in [1.54, 1.807) is 7.05 Å². The number of carboxylic acids is 1. The van der Waals surface area contributed by atoms with Crippen LogP contribution in [-0.4, -0.2) is 29.2 Å². The summed E-state index contributed by atoms with van der Waals surface area (Å²) in [6, 6.07) is 15.8. The van der Waals surface area contributed by atoms with Crippen LogP contribution in [0.2, 0.25) is 0 Å². The van der Waals surface area contributed by atoms with Gasteiger partial charge in [-0.3, -0.25) is 9.59 Å². The molecule has 0 aliphatic heterocycles. The SMILES string of the molecule is CNC(=O)CCc1c(C)noc1-c1ccc(-c2ccc(C3(C(=O)O)CC3)cc2)cc1. The molecule has 0 atom stereocenters. The average Bonchev–Trinajstić information content (AvgIpc) is 3.51. The molecule has 6 nitrogen and oxygen atoms in total. The van der Waals surface area contributed by atoms with Crippen LogP contribution in [0.3, 0.4) is 0 Å². The van der Waals surface area contributed by atoms with Gasteiger partial charge in [-0.25, -0.2) is 0 Å². The summed E-state index contributed by atoms with van der Waals surface area (Å²) in [5.74, 6) is -0.0687. The zero-order chi connectivity index (χ0) is 21.3. The largest absolute Gasteiger partial charge is 0.481 e. The Morgan fingerprint density at radius 2 is 1.60 bits per heavy atom. The van der Waals surface area contributed by atoms with Gasteiger partial charge in [-0.15, -0.1) is 0 Å². The summed E-state index contributed by atoms with van der Waals surface area (Å²) in [4.78, 5) is 23.1. The number of amides is 1. The average molecular weight is 404 g/mol. The standard InChI is InChI=1S/C24H24N2O4/c1-15-20(11-12-21(27)25-2)22(30-26-15)18-5-3-16(4-6-18)17-7-9-19(10-8-17)24(13-14-24)23(28)29/h3-10H,11-14H2,1-2H3,(H,25,27)(H,28,29). The van der Waals surface area contributed by atoms with Crippen LogP contribution in [0.25, 0.3) is 22.5 Å². The van der Waals surface area contributed by atoms with E-state index in [-0.39, 0.29) is 5.91 Å². The van der Waals surface area contributed by atoms with Gasteiger partial charge in [0.15, 0.2) is 5.76 Å². The highest BCUT2D eigenvalue weighted by Gasteiger charge is 2.51. The van der Waals surface area contributed by atoms with E-state index < -0.39 is 11.4 Å². The molecule has 6 heteroatoms. The van der Waals surface area contributed by atoms with Crippen molar-refractivity contribution in [1.29, 1.82) is 0 Å². The zero-order valence-electron chi connectivity index (χ0n) is 17.1. The van der Waals surface area contributed by atoms with E-state index in [0.717, 1.165) is 33.5 Å². The van der Waals surface area contributed by atoms with Gasteiger partial charge in [-0.05, 0) is 42.9 Å². The van der Waals surface area contributed by atoms with Gasteiger partial charge >= 0.3 is 5.97 Å². The number of hydrogen-bond donors (Lipinski definition) is 2. The van der Waals surface area contributed by atoms with Crippen LogP contribution in [-0.2, 0) is 21.4 Å². The summed E-state index contributed by atoms with van der Waals surface area (Å²) in [6.45, 7) is 1.88. The summed E-state index contributed by atoms with van der Waals surface area (Å²) in [5.41, 5.74) is 4.89. The Kier molecular flexibility index (Phi) is 5.16. The van der Waals surface area contributed by atoms with Crippen LogP contribution in [0.1, 0.15) is 36.1 Å². The molecule has 4 rings (SSSR count). The van der Waals surface area contributed by atoms with E-state index in [1.807, 2.05) is 55.5 Å². The Hall–Kier alpha value is -3.41. The molecule has 1 fully saturated rings. The quantitative estimate of drug-likeness (QED) is 0.618. The van der Waals surface area contributed by atoms with Gasteiger partial charge in [0.1, 0.15) is 0 Å². The van der Waals surface area contributed by atoms with Crippen molar-refractivity contribution in [1.82, 2.24) is 10.5 Å². The number of aryl methyl sites for hydroxylation is 1. The highest BCUT2D eigenvalue weighted by molar-refractivity contribution is 5.85. The molecule has 2 aromatic carbocycles. The molecule has 0 saturated heterocycles. The third kappa shape index (κ3) is 3.61. The number of carbonyl (C=O) groups is 2. The predicted molar refractivity (Wildman–Crippen MR) is 113 cm³/mol. The highest BCUT2D eigenvalue weighted by atomic mass is 16.5. The monoisotopic (exact) mass is 404 g/mol. The van der Waals surface area contributed by atoms with Gasteiger partial charge in [-0.2, -0.15) is 0 Å². The first-order chi connectivity index (χ1) is 14.4. The molecule has 1 aliphatic rings.